The number of benzene rings is 1. The van der Waals surface area contributed by atoms with Gasteiger partial charge in [0.15, 0.2) is 0 Å². The van der Waals surface area contributed by atoms with Crippen LogP contribution in [0.25, 0.3) is 0 Å². The molecule has 0 saturated carbocycles. The molecule has 0 N–H and O–H groups in total. The topological polar surface area (TPSA) is 23.6 Å². The molecule has 0 radical (unpaired) electrons. The molecule has 1 spiro atoms. The van der Waals surface area contributed by atoms with E-state index >= 15 is 0 Å². The van der Waals surface area contributed by atoms with Gasteiger partial charge >= 0.3 is 0 Å². The minimum Gasteiger partial charge on any atom is -0.337 e. The quantitative estimate of drug-likeness (QED) is 0.776. The van der Waals surface area contributed by atoms with Crippen LogP contribution in [0.5, 0.6) is 0 Å². The van der Waals surface area contributed by atoms with Crippen LogP contribution < -0.4 is 0 Å². The van der Waals surface area contributed by atoms with Crippen LogP contribution in [0.1, 0.15) is 16.8 Å². The highest BCUT2D eigenvalue weighted by molar-refractivity contribution is 6.30. The number of carbonyl (C=O) groups is 1. The van der Waals surface area contributed by atoms with Crippen molar-refractivity contribution < 1.29 is 4.79 Å². The van der Waals surface area contributed by atoms with Crippen molar-refractivity contribution in [3.63, 3.8) is 0 Å². The molecule has 3 rings (SSSR count). The first kappa shape index (κ1) is 12.0. The summed E-state index contributed by atoms with van der Waals surface area (Å²) in [5.41, 5.74) is 1.06. The van der Waals surface area contributed by atoms with Gasteiger partial charge in [0, 0.05) is 35.6 Å². The van der Waals surface area contributed by atoms with Crippen molar-refractivity contribution in [2.24, 2.45) is 5.41 Å². The van der Waals surface area contributed by atoms with E-state index in [1.165, 1.54) is 6.42 Å². The maximum Gasteiger partial charge on any atom is 0.253 e. The second kappa shape index (κ2) is 4.25. The number of likely N-dealkylation sites (tertiary alicyclic amines) is 2. The van der Waals surface area contributed by atoms with E-state index in [0.29, 0.717) is 16.0 Å². The Balaban J connectivity index is 1.67. The standard InChI is InChI=1S/C14H17ClN2O/c1-16-6-5-14(8-16)9-17(10-14)13(18)11-3-2-4-12(15)7-11/h2-4,7H,5-6,8-10H2,1H3. The first-order chi connectivity index (χ1) is 8.58. The average molecular weight is 265 g/mol. The van der Waals surface area contributed by atoms with Gasteiger partial charge in [-0.3, -0.25) is 4.79 Å². The van der Waals surface area contributed by atoms with Crippen molar-refractivity contribution >= 4 is 17.5 Å². The van der Waals surface area contributed by atoms with Gasteiger partial charge in [-0.05, 0) is 38.2 Å². The van der Waals surface area contributed by atoms with Gasteiger partial charge < -0.3 is 9.80 Å². The molecule has 0 bridgehead atoms. The molecule has 0 aromatic heterocycles. The molecule has 2 aliphatic rings. The number of hydrogen-bond donors (Lipinski definition) is 0. The van der Waals surface area contributed by atoms with Crippen molar-refractivity contribution in [2.45, 2.75) is 6.42 Å². The van der Waals surface area contributed by atoms with Crippen LogP contribution in [-0.2, 0) is 0 Å². The van der Waals surface area contributed by atoms with Gasteiger partial charge in [-0.25, -0.2) is 0 Å². The van der Waals surface area contributed by atoms with Gasteiger partial charge in [0.05, 0.1) is 0 Å². The van der Waals surface area contributed by atoms with E-state index < -0.39 is 0 Å². The first-order valence-corrected chi connectivity index (χ1v) is 6.69. The summed E-state index contributed by atoms with van der Waals surface area (Å²) in [6.45, 7) is 4.05. The van der Waals surface area contributed by atoms with E-state index in [2.05, 4.69) is 11.9 Å². The van der Waals surface area contributed by atoms with E-state index in [9.17, 15) is 4.79 Å². The summed E-state index contributed by atoms with van der Waals surface area (Å²) in [7, 11) is 2.15. The molecule has 1 aromatic rings. The normalized spacial score (nSPS) is 22.2. The predicted octanol–water partition coefficient (Wildman–Crippen LogP) is 2.12. The predicted molar refractivity (Wildman–Crippen MR) is 71.9 cm³/mol. The van der Waals surface area contributed by atoms with Gasteiger partial charge in [0.2, 0.25) is 0 Å². The SMILES string of the molecule is CN1CCC2(C1)CN(C(=O)c1cccc(Cl)c1)C2. The Bertz CT molecular complexity index is 482. The van der Waals surface area contributed by atoms with Gasteiger partial charge in [-0.2, -0.15) is 0 Å². The minimum absolute atomic E-state index is 0.109. The summed E-state index contributed by atoms with van der Waals surface area (Å²) >= 11 is 5.92. The molecule has 18 heavy (non-hydrogen) atoms. The second-order valence-corrected chi connectivity index (χ2v) is 6.10. The summed E-state index contributed by atoms with van der Waals surface area (Å²) in [6, 6.07) is 7.20. The third-order valence-electron chi connectivity index (χ3n) is 4.04. The fourth-order valence-electron chi connectivity index (χ4n) is 3.13. The number of carbonyl (C=O) groups excluding carboxylic acids is 1. The van der Waals surface area contributed by atoms with Gasteiger partial charge in [0.1, 0.15) is 0 Å². The Morgan fingerprint density at radius 3 is 2.72 bits per heavy atom. The molecule has 2 heterocycles. The van der Waals surface area contributed by atoms with E-state index in [0.717, 1.165) is 26.2 Å². The van der Waals surface area contributed by atoms with Crippen LogP contribution >= 0.6 is 11.6 Å². The summed E-state index contributed by atoms with van der Waals surface area (Å²) in [5, 5.41) is 0.622. The fraction of sp³-hybridized carbons (Fsp3) is 0.500. The lowest BCUT2D eigenvalue weighted by atomic mass is 9.79. The zero-order chi connectivity index (χ0) is 12.8. The van der Waals surface area contributed by atoms with Crippen LogP contribution in [0.4, 0.5) is 0 Å². The number of amides is 1. The summed E-state index contributed by atoms with van der Waals surface area (Å²) in [5.74, 6) is 0.109. The molecule has 96 valence electrons. The highest BCUT2D eigenvalue weighted by Crippen LogP contribution is 2.39. The number of rotatable bonds is 1. The third-order valence-corrected chi connectivity index (χ3v) is 4.28. The molecule has 0 atom stereocenters. The smallest absolute Gasteiger partial charge is 0.253 e. The zero-order valence-electron chi connectivity index (χ0n) is 10.5. The lowest BCUT2D eigenvalue weighted by Gasteiger charge is -2.48. The van der Waals surface area contributed by atoms with Crippen LogP contribution in [0.2, 0.25) is 5.02 Å². The average Bonchev–Trinajstić information content (AvgIpc) is 2.69. The molecule has 2 saturated heterocycles. The van der Waals surface area contributed by atoms with Crippen molar-refractivity contribution in [3.05, 3.63) is 34.9 Å². The fourth-order valence-corrected chi connectivity index (χ4v) is 3.32. The monoisotopic (exact) mass is 264 g/mol. The summed E-state index contributed by atoms with van der Waals surface area (Å²) < 4.78 is 0. The molecule has 0 aliphatic carbocycles. The van der Waals surface area contributed by atoms with Crippen LogP contribution in [0, 0.1) is 5.41 Å². The van der Waals surface area contributed by atoms with Crippen molar-refractivity contribution in [1.82, 2.24) is 9.80 Å². The molecule has 1 amide bonds. The Morgan fingerprint density at radius 2 is 2.11 bits per heavy atom. The van der Waals surface area contributed by atoms with Gasteiger partial charge in [-0.15, -0.1) is 0 Å². The lowest BCUT2D eigenvalue weighted by Crippen LogP contribution is -2.59. The van der Waals surface area contributed by atoms with E-state index in [1.807, 2.05) is 17.0 Å². The molecule has 0 unspecified atom stereocenters. The molecule has 1 aromatic carbocycles. The molecular formula is C14H17ClN2O. The Hall–Kier alpha value is -1.06. The third kappa shape index (κ3) is 2.02. The summed E-state index contributed by atoms with van der Waals surface area (Å²) in [6.07, 6.45) is 1.21. The Labute approximate surface area is 112 Å². The van der Waals surface area contributed by atoms with Crippen molar-refractivity contribution in [1.29, 1.82) is 0 Å². The van der Waals surface area contributed by atoms with E-state index in [1.54, 1.807) is 12.1 Å². The molecule has 4 heteroatoms. The van der Waals surface area contributed by atoms with E-state index in [4.69, 9.17) is 11.6 Å². The Kier molecular flexibility index (Phi) is 2.83. The maximum absolute atomic E-state index is 12.3. The maximum atomic E-state index is 12.3. The van der Waals surface area contributed by atoms with Gasteiger partial charge in [0.25, 0.3) is 5.91 Å². The first-order valence-electron chi connectivity index (χ1n) is 6.31. The number of nitrogens with zero attached hydrogens (tertiary/aromatic N) is 2. The van der Waals surface area contributed by atoms with Gasteiger partial charge in [-0.1, -0.05) is 17.7 Å². The Morgan fingerprint density at radius 1 is 1.33 bits per heavy atom. The highest BCUT2D eigenvalue weighted by atomic mass is 35.5. The van der Waals surface area contributed by atoms with Crippen LogP contribution in [0.15, 0.2) is 24.3 Å². The van der Waals surface area contributed by atoms with Crippen molar-refractivity contribution in [2.75, 3.05) is 33.2 Å². The van der Waals surface area contributed by atoms with Crippen LogP contribution in [0.3, 0.4) is 0 Å². The van der Waals surface area contributed by atoms with Crippen molar-refractivity contribution in [3.8, 4) is 0 Å². The summed E-state index contributed by atoms with van der Waals surface area (Å²) in [4.78, 5) is 16.5. The molecular weight excluding hydrogens is 248 g/mol. The largest absolute Gasteiger partial charge is 0.337 e. The molecule has 2 aliphatic heterocycles. The highest BCUT2D eigenvalue weighted by Gasteiger charge is 2.48. The van der Waals surface area contributed by atoms with E-state index in [-0.39, 0.29) is 5.91 Å². The molecule has 2 fully saturated rings. The lowest BCUT2D eigenvalue weighted by molar-refractivity contribution is 0.0118. The number of hydrogen-bond acceptors (Lipinski definition) is 2. The molecule has 3 nitrogen and oxygen atoms in total. The van der Waals surface area contributed by atoms with Crippen LogP contribution in [-0.4, -0.2) is 48.9 Å². The minimum atomic E-state index is 0.109. The second-order valence-electron chi connectivity index (χ2n) is 5.66. The zero-order valence-corrected chi connectivity index (χ0v) is 11.3. The number of halogens is 1.